The Morgan fingerprint density at radius 2 is 1.85 bits per heavy atom. The van der Waals surface area contributed by atoms with Crippen LogP contribution in [0.1, 0.15) is 45.4 Å². The number of allylic oxidation sites excluding steroid dienone is 1. The summed E-state index contributed by atoms with van der Waals surface area (Å²) in [6, 6.07) is 0. The van der Waals surface area contributed by atoms with E-state index in [1.54, 1.807) is 0 Å². The molecule has 0 rings (SSSR count). The van der Waals surface area contributed by atoms with Crippen molar-refractivity contribution in [3.05, 3.63) is 12.7 Å². The van der Waals surface area contributed by atoms with E-state index in [4.69, 9.17) is 10.2 Å². The monoisotopic (exact) mass is 186 g/mol. The predicted molar refractivity (Wildman–Crippen MR) is 55.3 cm³/mol. The van der Waals surface area contributed by atoms with E-state index in [1.807, 2.05) is 6.08 Å². The Morgan fingerprint density at radius 1 is 1.23 bits per heavy atom. The average Bonchev–Trinajstić information content (AvgIpc) is 2.10. The molecule has 0 aliphatic carbocycles. The lowest BCUT2D eigenvalue weighted by Crippen LogP contribution is -2.19. The van der Waals surface area contributed by atoms with Gasteiger partial charge in [0.15, 0.2) is 6.29 Å². The van der Waals surface area contributed by atoms with Gasteiger partial charge in [0.2, 0.25) is 0 Å². The van der Waals surface area contributed by atoms with Crippen molar-refractivity contribution in [2.24, 2.45) is 5.92 Å². The number of aliphatic hydroxyl groups is 2. The van der Waals surface area contributed by atoms with Gasteiger partial charge in [0.1, 0.15) is 0 Å². The number of hydrogen-bond donors (Lipinski definition) is 2. The van der Waals surface area contributed by atoms with E-state index in [0.717, 1.165) is 38.5 Å². The third kappa shape index (κ3) is 6.79. The van der Waals surface area contributed by atoms with Crippen LogP contribution in [0.5, 0.6) is 0 Å². The second-order valence-corrected chi connectivity index (χ2v) is 3.54. The molecule has 0 saturated carbocycles. The van der Waals surface area contributed by atoms with Crippen LogP contribution in [0.2, 0.25) is 0 Å². The van der Waals surface area contributed by atoms with Gasteiger partial charge >= 0.3 is 0 Å². The molecule has 78 valence electrons. The average molecular weight is 186 g/mol. The first-order valence-electron chi connectivity index (χ1n) is 5.19. The van der Waals surface area contributed by atoms with Crippen LogP contribution in [0.3, 0.4) is 0 Å². The molecular formula is C11H22O2. The molecule has 0 aliphatic heterocycles. The van der Waals surface area contributed by atoms with Crippen LogP contribution in [-0.4, -0.2) is 16.5 Å². The lowest BCUT2D eigenvalue weighted by Gasteiger charge is -2.17. The summed E-state index contributed by atoms with van der Waals surface area (Å²) in [5.41, 5.74) is 0. The number of rotatable bonds is 8. The van der Waals surface area contributed by atoms with Crippen molar-refractivity contribution in [1.82, 2.24) is 0 Å². The molecule has 0 bridgehead atoms. The highest BCUT2D eigenvalue weighted by atomic mass is 16.5. The predicted octanol–water partition coefficient (Wildman–Crippen LogP) is 2.46. The summed E-state index contributed by atoms with van der Waals surface area (Å²) in [6.07, 6.45) is 6.72. The Bertz CT molecular complexity index is 121. The summed E-state index contributed by atoms with van der Waals surface area (Å²) in [5, 5.41) is 18.1. The Hall–Kier alpha value is -0.340. The molecule has 1 atom stereocenters. The van der Waals surface area contributed by atoms with E-state index in [1.165, 1.54) is 0 Å². The molecule has 1 unspecified atom stereocenters. The highest BCUT2D eigenvalue weighted by Crippen LogP contribution is 2.18. The van der Waals surface area contributed by atoms with Crippen LogP contribution in [0, 0.1) is 5.92 Å². The van der Waals surface area contributed by atoms with Crippen LogP contribution >= 0.6 is 0 Å². The Balaban J connectivity index is 3.60. The second-order valence-electron chi connectivity index (χ2n) is 3.54. The maximum absolute atomic E-state index is 9.07. The summed E-state index contributed by atoms with van der Waals surface area (Å²) in [4.78, 5) is 0. The summed E-state index contributed by atoms with van der Waals surface area (Å²) in [7, 11) is 0. The van der Waals surface area contributed by atoms with E-state index in [2.05, 4.69) is 13.5 Å². The van der Waals surface area contributed by atoms with Gasteiger partial charge in [0.25, 0.3) is 0 Å². The van der Waals surface area contributed by atoms with Gasteiger partial charge in [-0.3, -0.25) is 0 Å². The highest BCUT2D eigenvalue weighted by Gasteiger charge is 2.14. The first kappa shape index (κ1) is 12.7. The fourth-order valence-corrected chi connectivity index (χ4v) is 1.43. The molecule has 0 aliphatic rings. The van der Waals surface area contributed by atoms with Crippen LogP contribution in [0.15, 0.2) is 12.7 Å². The summed E-state index contributed by atoms with van der Waals surface area (Å²) < 4.78 is 0. The molecule has 0 spiro atoms. The van der Waals surface area contributed by atoms with E-state index in [-0.39, 0.29) is 5.92 Å². The van der Waals surface area contributed by atoms with E-state index in [9.17, 15) is 0 Å². The SMILES string of the molecule is C=CCCCC(CCCC)C(O)O. The van der Waals surface area contributed by atoms with Gasteiger partial charge in [-0.05, 0) is 25.7 Å². The molecule has 0 aromatic carbocycles. The first-order chi connectivity index (χ1) is 6.22. The summed E-state index contributed by atoms with van der Waals surface area (Å²) >= 11 is 0. The van der Waals surface area contributed by atoms with Crippen LogP contribution in [-0.2, 0) is 0 Å². The molecule has 2 N–H and O–H groups in total. The van der Waals surface area contributed by atoms with Gasteiger partial charge in [0, 0.05) is 5.92 Å². The molecular weight excluding hydrogens is 164 g/mol. The quantitative estimate of drug-likeness (QED) is 0.347. The lowest BCUT2D eigenvalue weighted by molar-refractivity contribution is -0.0887. The molecule has 0 radical (unpaired) electrons. The van der Waals surface area contributed by atoms with Crippen molar-refractivity contribution in [2.75, 3.05) is 0 Å². The number of unbranched alkanes of at least 4 members (excludes halogenated alkanes) is 2. The molecule has 0 amide bonds. The molecule has 0 aromatic heterocycles. The molecule has 0 fully saturated rings. The smallest absolute Gasteiger partial charge is 0.154 e. The van der Waals surface area contributed by atoms with Crippen molar-refractivity contribution in [3.63, 3.8) is 0 Å². The van der Waals surface area contributed by atoms with Crippen molar-refractivity contribution in [2.45, 2.75) is 51.7 Å². The van der Waals surface area contributed by atoms with Crippen molar-refractivity contribution < 1.29 is 10.2 Å². The van der Waals surface area contributed by atoms with Gasteiger partial charge in [0.05, 0.1) is 0 Å². The molecule has 0 saturated heterocycles. The van der Waals surface area contributed by atoms with E-state index in [0.29, 0.717) is 0 Å². The zero-order chi connectivity index (χ0) is 10.1. The van der Waals surface area contributed by atoms with E-state index >= 15 is 0 Å². The largest absolute Gasteiger partial charge is 0.368 e. The fraction of sp³-hybridized carbons (Fsp3) is 0.818. The minimum atomic E-state index is -1.14. The second kappa shape index (κ2) is 8.27. The highest BCUT2D eigenvalue weighted by molar-refractivity contribution is 4.68. The zero-order valence-corrected chi connectivity index (χ0v) is 8.58. The van der Waals surface area contributed by atoms with Gasteiger partial charge < -0.3 is 10.2 Å². The topological polar surface area (TPSA) is 40.5 Å². The van der Waals surface area contributed by atoms with Gasteiger partial charge in [-0.25, -0.2) is 0 Å². The Labute approximate surface area is 81.3 Å². The fourth-order valence-electron chi connectivity index (χ4n) is 1.43. The molecule has 2 heteroatoms. The lowest BCUT2D eigenvalue weighted by atomic mass is 9.95. The molecule has 13 heavy (non-hydrogen) atoms. The van der Waals surface area contributed by atoms with Crippen LogP contribution in [0.25, 0.3) is 0 Å². The van der Waals surface area contributed by atoms with Gasteiger partial charge in [-0.1, -0.05) is 25.8 Å². The van der Waals surface area contributed by atoms with Crippen LogP contribution in [0.4, 0.5) is 0 Å². The molecule has 0 aromatic rings. The number of hydrogen-bond acceptors (Lipinski definition) is 2. The maximum Gasteiger partial charge on any atom is 0.154 e. The van der Waals surface area contributed by atoms with Crippen molar-refractivity contribution >= 4 is 0 Å². The standard InChI is InChI=1S/C11H22O2/c1-3-5-7-9-10(11(12)13)8-6-4-2/h3,10-13H,1,4-9H2,2H3. The van der Waals surface area contributed by atoms with Gasteiger partial charge in [-0.2, -0.15) is 0 Å². The van der Waals surface area contributed by atoms with Gasteiger partial charge in [-0.15, -0.1) is 6.58 Å². The summed E-state index contributed by atoms with van der Waals surface area (Å²) in [6.45, 7) is 5.76. The van der Waals surface area contributed by atoms with E-state index < -0.39 is 6.29 Å². The number of aliphatic hydroxyl groups excluding tert-OH is 1. The first-order valence-corrected chi connectivity index (χ1v) is 5.19. The normalized spacial score (nSPS) is 13.2. The van der Waals surface area contributed by atoms with Crippen LogP contribution < -0.4 is 0 Å². The zero-order valence-electron chi connectivity index (χ0n) is 8.58. The van der Waals surface area contributed by atoms with Crippen molar-refractivity contribution in [1.29, 1.82) is 0 Å². The minimum absolute atomic E-state index is 0.0555. The molecule has 0 heterocycles. The Kier molecular flexibility index (Phi) is 8.05. The maximum atomic E-state index is 9.07. The third-order valence-electron chi connectivity index (χ3n) is 2.33. The summed E-state index contributed by atoms with van der Waals surface area (Å²) in [5.74, 6) is 0.0555. The Morgan fingerprint density at radius 3 is 2.31 bits per heavy atom. The minimum Gasteiger partial charge on any atom is -0.368 e. The van der Waals surface area contributed by atoms with Crippen molar-refractivity contribution in [3.8, 4) is 0 Å². The third-order valence-corrected chi connectivity index (χ3v) is 2.33. The molecule has 2 nitrogen and oxygen atoms in total.